The first-order valence-electron chi connectivity index (χ1n) is 9.30. The Balaban J connectivity index is 1.46. The van der Waals surface area contributed by atoms with Crippen molar-refractivity contribution in [3.8, 4) is 5.75 Å². The largest absolute Gasteiger partial charge is 0.497 e. The summed E-state index contributed by atoms with van der Waals surface area (Å²) in [7, 11) is -2.00. The van der Waals surface area contributed by atoms with Gasteiger partial charge in [-0.2, -0.15) is 4.31 Å². The summed E-state index contributed by atoms with van der Waals surface area (Å²) >= 11 is 0. The molecule has 0 saturated carbocycles. The third-order valence-electron chi connectivity index (χ3n) is 4.85. The number of ether oxygens (including phenoxy) is 1. The van der Waals surface area contributed by atoms with Crippen LogP contribution in [0, 0.1) is 5.82 Å². The molecule has 0 bridgehead atoms. The van der Waals surface area contributed by atoms with Crippen LogP contribution < -0.4 is 10.1 Å². The fourth-order valence-electron chi connectivity index (χ4n) is 3.12. The molecule has 1 saturated heterocycles. The molecule has 156 valence electrons. The molecule has 3 rings (SSSR count). The van der Waals surface area contributed by atoms with E-state index in [2.05, 4.69) is 10.2 Å². The monoisotopic (exact) mass is 421 g/mol. The van der Waals surface area contributed by atoms with Crippen molar-refractivity contribution in [2.24, 2.45) is 0 Å². The average molecular weight is 421 g/mol. The normalized spacial score (nSPS) is 15.8. The molecule has 1 N–H and O–H groups in total. The molecule has 2 aromatic carbocycles. The zero-order valence-electron chi connectivity index (χ0n) is 16.2. The summed E-state index contributed by atoms with van der Waals surface area (Å²) in [5, 5.41) is 2.80. The highest BCUT2D eigenvalue weighted by molar-refractivity contribution is 7.89. The maximum atomic E-state index is 12.9. The standard InChI is InChI=1S/C20H24FN3O4S/c1-28-18-6-8-19(9-7-18)29(26,27)24-14-12-23(13-15-24)11-10-22-20(25)16-2-4-17(21)5-3-16/h2-9H,10-15H2,1H3,(H,22,25). The van der Waals surface area contributed by atoms with Crippen molar-refractivity contribution in [2.45, 2.75) is 4.90 Å². The Hall–Kier alpha value is -2.49. The van der Waals surface area contributed by atoms with Gasteiger partial charge in [0.2, 0.25) is 10.0 Å². The molecule has 0 spiro atoms. The smallest absolute Gasteiger partial charge is 0.251 e. The predicted molar refractivity (Wildman–Crippen MR) is 107 cm³/mol. The summed E-state index contributed by atoms with van der Waals surface area (Å²) in [6.07, 6.45) is 0. The number of rotatable bonds is 7. The lowest BCUT2D eigenvalue weighted by Gasteiger charge is -2.34. The van der Waals surface area contributed by atoms with Crippen LogP contribution in [0.1, 0.15) is 10.4 Å². The predicted octanol–water partition coefficient (Wildman–Crippen LogP) is 1.57. The molecule has 0 atom stereocenters. The number of nitrogens with zero attached hydrogens (tertiary/aromatic N) is 2. The minimum atomic E-state index is -3.53. The fourth-order valence-corrected chi connectivity index (χ4v) is 4.54. The van der Waals surface area contributed by atoms with Gasteiger partial charge in [-0.3, -0.25) is 9.69 Å². The lowest BCUT2D eigenvalue weighted by Crippen LogP contribution is -2.50. The minimum Gasteiger partial charge on any atom is -0.497 e. The Kier molecular flexibility index (Phi) is 6.83. The van der Waals surface area contributed by atoms with Crippen molar-refractivity contribution in [3.63, 3.8) is 0 Å². The Morgan fingerprint density at radius 1 is 1.03 bits per heavy atom. The number of carbonyl (C=O) groups is 1. The van der Waals surface area contributed by atoms with Crippen LogP contribution in [-0.4, -0.2) is 69.9 Å². The second kappa shape index (κ2) is 9.34. The fraction of sp³-hybridized carbons (Fsp3) is 0.350. The first-order valence-corrected chi connectivity index (χ1v) is 10.7. The van der Waals surface area contributed by atoms with Crippen LogP contribution in [0.2, 0.25) is 0 Å². The SMILES string of the molecule is COc1ccc(S(=O)(=O)N2CCN(CCNC(=O)c3ccc(F)cc3)CC2)cc1. The highest BCUT2D eigenvalue weighted by Crippen LogP contribution is 2.20. The first kappa shape index (κ1) is 21.2. The molecular formula is C20H24FN3O4S. The third kappa shape index (κ3) is 5.31. The molecule has 29 heavy (non-hydrogen) atoms. The van der Waals surface area contributed by atoms with Gasteiger partial charge in [-0.05, 0) is 48.5 Å². The van der Waals surface area contributed by atoms with E-state index in [-0.39, 0.29) is 16.6 Å². The number of amides is 1. The zero-order chi connectivity index (χ0) is 20.9. The summed E-state index contributed by atoms with van der Waals surface area (Å²) < 4.78 is 45.0. The van der Waals surface area contributed by atoms with Crippen molar-refractivity contribution >= 4 is 15.9 Å². The van der Waals surface area contributed by atoms with Gasteiger partial charge in [0.25, 0.3) is 5.91 Å². The van der Waals surface area contributed by atoms with Gasteiger partial charge in [0.1, 0.15) is 11.6 Å². The summed E-state index contributed by atoms with van der Waals surface area (Å²) in [5.41, 5.74) is 0.404. The van der Waals surface area contributed by atoms with E-state index in [0.717, 1.165) is 0 Å². The van der Waals surface area contributed by atoms with Crippen molar-refractivity contribution in [2.75, 3.05) is 46.4 Å². The molecule has 1 fully saturated rings. The number of methoxy groups -OCH3 is 1. The van der Waals surface area contributed by atoms with Crippen molar-refractivity contribution in [1.29, 1.82) is 0 Å². The van der Waals surface area contributed by atoms with Crippen LogP contribution >= 0.6 is 0 Å². The summed E-state index contributed by atoms with van der Waals surface area (Å²) in [6.45, 7) is 2.99. The van der Waals surface area contributed by atoms with Gasteiger partial charge in [-0.25, -0.2) is 12.8 Å². The Morgan fingerprint density at radius 3 is 2.24 bits per heavy atom. The van der Waals surface area contributed by atoms with Crippen LogP contribution in [0.3, 0.4) is 0 Å². The van der Waals surface area contributed by atoms with Crippen molar-refractivity contribution in [1.82, 2.24) is 14.5 Å². The van der Waals surface area contributed by atoms with Crippen LogP contribution in [0.15, 0.2) is 53.4 Å². The summed E-state index contributed by atoms with van der Waals surface area (Å²) in [4.78, 5) is 14.4. The maximum absolute atomic E-state index is 12.9. The van der Waals surface area contributed by atoms with Crippen molar-refractivity contribution < 1.29 is 22.3 Å². The summed E-state index contributed by atoms with van der Waals surface area (Å²) in [5.74, 6) is -0.0359. The van der Waals surface area contributed by atoms with Crippen LogP contribution in [0.25, 0.3) is 0 Å². The van der Waals surface area contributed by atoms with E-state index in [4.69, 9.17) is 4.74 Å². The van der Waals surface area contributed by atoms with E-state index in [1.165, 1.54) is 35.7 Å². The number of halogens is 1. The number of benzene rings is 2. The van der Waals surface area contributed by atoms with Gasteiger partial charge >= 0.3 is 0 Å². The van der Waals surface area contributed by atoms with Crippen LogP contribution in [0.5, 0.6) is 5.75 Å². The van der Waals surface area contributed by atoms with Gasteiger partial charge < -0.3 is 10.1 Å². The molecule has 0 aliphatic carbocycles. The molecule has 9 heteroatoms. The molecular weight excluding hydrogens is 397 g/mol. The minimum absolute atomic E-state index is 0.248. The number of piperazine rings is 1. The van der Waals surface area contributed by atoms with E-state index < -0.39 is 10.0 Å². The highest BCUT2D eigenvalue weighted by Gasteiger charge is 2.28. The molecule has 1 aliphatic heterocycles. The van der Waals surface area contributed by atoms with E-state index >= 15 is 0 Å². The number of carbonyl (C=O) groups excluding carboxylic acids is 1. The Bertz CT molecular complexity index is 925. The van der Waals surface area contributed by atoms with Crippen molar-refractivity contribution in [3.05, 3.63) is 59.9 Å². The van der Waals surface area contributed by atoms with Crippen LogP contribution in [-0.2, 0) is 10.0 Å². The third-order valence-corrected chi connectivity index (χ3v) is 6.76. The van der Waals surface area contributed by atoms with Gasteiger partial charge in [-0.1, -0.05) is 0 Å². The summed E-state index contributed by atoms with van der Waals surface area (Å²) in [6, 6.07) is 11.7. The van der Waals surface area contributed by atoms with E-state index in [1.54, 1.807) is 24.3 Å². The zero-order valence-corrected chi connectivity index (χ0v) is 17.0. The molecule has 0 radical (unpaired) electrons. The molecule has 1 heterocycles. The molecule has 2 aromatic rings. The van der Waals surface area contributed by atoms with E-state index in [9.17, 15) is 17.6 Å². The lowest BCUT2D eigenvalue weighted by molar-refractivity contribution is 0.0945. The Morgan fingerprint density at radius 2 is 1.66 bits per heavy atom. The highest BCUT2D eigenvalue weighted by atomic mass is 32.2. The second-order valence-corrected chi connectivity index (χ2v) is 8.62. The topological polar surface area (TPSA) is 79.0 Å². The van der Waals surface area contributed by atoms with Crippen LogP contribution in [0.4, 0.5) is 4.39 Å². The molecule has 0 unspecified atom stereocenters. The molecule has 1 amide bonds. The van der Waals surface area contributed by atoms with Gasteiger partial charge in [0.15, 0.2) is 0 Å². The first-order chi connectivity index (χ1) is 13.9. The average Bonchev–Trinajstić information content (AvgIpc) is 2.74. The number of sulfonamides is 1. The second-order valence-electron chi connectivity index (χ2n) is 6.68. The Labute approximate surface area is 170 Å². The lowest BCUT2D eigenvalue weighted by atomic mass is 10.2. The molecule has 7 nitrogen and oxygen atoms in total. The van der Waals surface area contributed by atoms with E-state index in [1.807, 2.05) is 0 Å². The number of hydrogen-bond donors (Lipinski definition) is 1. The maximum Gasteiger partial charge on any atom is 0.251 e. The molecule has 0 aromatic heterocycles. The van der Waals surface area contributed by atoms with Gasteiger partial charge in [-0.15, -0.1) is 0 Å². The van der Waals surface area contributed by atoms with Gasteiger partial charge in [0, 0.05) is 44.8 Å². The van der Waals surface area contributed by atoms with E-state index in [0.29, 0.717) is 50.6 Å². The van der Waals surface area contributed by atoms with Gasteiger partial charge in [0.05, 0.1) is 12.0 Å². The quantitative estimate of drug-likeness (QED) is 0.734. The number of hydrogen-bond acceptors (Lipinski definition) is 5. The number of nitrogens with one attached hydrogen (secondary N) is 1. The molecule has 1 aliphatic rings.